The number of nitrogens with two attached hydrogens (primary N) is 2. The molecule has 4 N–H and O–H groups in total. The molecule has 0 bridgehead atoms. The van der Waals surface area contributed by atoms with Crippen molar-refractivity contribution in [3.05, 3.63) is 23.3 Å². The van der Waals surface area contributed by atoms with Crippen LogP contribution in [0.3, 0.4) is 0 Å². The molecule has 2 unspecified atom stereocenters. The third-order valence-corrected chi connectivity index (χ3v) is 3.37. The van der Waals surface area contributed by atoms with Crippen LogP contribution in [0.15, 0.2) is 12.1 Å². The van der Waals surface area contributed by atoms with Crippen LogP contribution in [0.4, 0.5) is 0 Å². The average molecular weight is 252 g/mol. The van der Waals surface area contributed by atoms with E-state index in [0.717, 1.165) is 23.3 Å². The lowest BCUT2D eigenvalue weighted by Crippen LogP contribution is -2.22. The summed E-state index contributed by atoms with van der Waals surface area (Å²) in [5, 5.41) is 0. The zero-order valence-corrected chi connectivity index (χ0v) is 11.7. The first kappa shape index (κ1) is 14.8. The Morgan fingerprint density at radius 2 is 1.72 bits per heavy atom. The van der Waals surface area contributed by atoms with E-state index in [-0.39, 0.29) is 6.04 Å². The molecule has 0 saturated carbocycles. The number of benzene rings is 1. The summed E-state index contributed by atoms with van der Waals surface area (Å²) in [5.74, 6) is 1.79. The van der Waals surface area contributed by atoms with Crippen molar-refractivity contribution >= 4 is 0 Å². The summed E-state index contributed by atoms with van der Waals surface area (Å²) in [4.78, 5) is 0. The highest BCUT2D eigenvalue weighted by molar-refractivity contribution is 5.48. The van der Waals surface area contributed by atoms with Crippen LogP contribution in [0.5, 0.6) is 11.5 Å². The molecular weight excluding hydrogens is 228 g/mol. The summed E-state index contributed by atoms with van der Waals surface area (Å²) in [5.41, 5.74) is 14.1. The van der Waals surface area contributed by atoms with Crippen LogP contribution in [0.1, 0.15) is 30.5 Å². The zero-order chi connectivity index (χ0) is 13.7. The maximum absolute atomic E-state index is 6.29. The third kappa shape index (κ3) is 3.15. The van der Waals surface area contributed by atoms with Crippen LogP contribution in [0.25, 0.3) is 0 Å². The fourth-order valence-electron chi connectivity index (χ4n) is 2.10. The number of ether oxygens (including phenoxy) is 2. The smallest absolute Gasteiger partial charge is 0.161 e. The molecular formula is C14H24N2O2. The predicted octanol–water partition coefficient (Wildman–Crippen LogP) is 2.00. The van der Waals surface area contributed by atoms with Crippen molar-refractivity contribution in [2.24, 2.45) is 17.4 Å². The molecule has 1 rings (SSSR count). The molecule has 0 heterocycles. The summed E-state index contributed by atoms with van der Waals surface area (Å²) in [7, 11) is 3.26. The predicted molar refractivity (Wildman–Crippen MR) is 74.0 cm³/mol. The molecule has 0 fully saturated rings. The highest BCUT2D eigenvalue weighted by Gasteiger charge is 2.18. The van der Waals surface area contributed by atoms with Crippen LogP contribution >= 0.6 is 0 Å². The number of methoxy groups -OCH3 is 2. The molecule has 0 aliphatic heterocycles. The topological polar surface area (TPSA) is 70.5 Å². The molecule has 0 radical (unpaired) electrons. The van der Waals surface area contributed by atoms with Gasteiger partial charge in [-0.25, -0.2) is 0 Å². The maximum atomic E-state index is 6.29. The molecule has 1 aromatic carbocycles. The SMILES string of the molecule is COc1cc(C)c(C(N)C(C)CCN)cc1OC. The molecule has 0 aliphatic carbocycles. The van der Waals surface area contributed by atoms with E-state index in [1.54, 1.807) is 14.2 Å². The zero-order valence-electron chi connectivity index (χ0n) is 11.7. The van der Waals surface area contributed by atoms with E-state index in [2.05, 4.69) is 6.92 Å². The Balaban J connectivity index is 3.08. The minimum atomic E-state index is -0.0339. The highest BCUT2D eigenvalue weighted by Crippen LogP contribution is 2.34. The fourth-order valence-corrected chi connectivity index (χ4v) is 2.10. The van der Waals surface area contributed by atoms with E-state index in [9.17, 15) is 0 Å². The lowest BCUT2D eigenvalue weighted by atomic mass is 9.90. The van der Waals surface area contributed by atoms with Gasteiger partial charge < -0.3 is 20.9 Å². The van der Waals surface area contributed by atoms with Crippen LogP contribution < -0.4 is 20.9 Å². The molecule has 102 valence electrons. The van der Waals surface area contributed by atoms with E-state index in [1.165, 1.54) is 0 Å². The van der Waals surface area contributed by atoms with Gasteiger partial charge in [-0.05, 0) is 49.1 Å². The van der Waals surface area contributed by atoms with E-state index < -0.39 is 0 Å². The van der Waals surface area contributed by atoms with Gasteiger partial charge in [-0.2, -0.15) is 0 Å². The quantitative estimate of drug-likeness (QED) is 0.812. The van der Waals surface area contributed by atoms with E-state index >= 15 is 0 Å². The maximum Gasteiger partial charge on any atom is 0.161 e. The van der Waals surface area contributed by atoms with Crippen molar-refractivity contribution in [2.75, 3.05) is 20.8 Å². The van der Waals surface area contributed by atoms with Crippen molar-refractivity contribution in [3.63, 3.8) is 0 Å². The van der Waals surface area contributed by atoms with Gasteiger partial charge in [0.05, 0.1) is 14.2 Å². The van der Waals surface area contributed by atoms with Gasteiger partial charge in [0, 0.05) is 6.04 Å². The lowest BCUT2D eigenvalue weighted by Gasteiger charge is -2.23. The molecule has 0 spiro atoms. The van der Waals surface area contributed by atoms with Crippen LogP contribution in [-0.2, 0) is 0 Å². The average Bonchev–Trinajstić information content (AvgIpc) is 2.37. The normalized spacial score (nSPS) is 14.1. The summed E-state index contributed by atoms with van der Waals surface area (Å²) >= 11 is 0. The Labute approximate surface area is 109 Å². The lowest BCUT2D eigenvalue weighted by molar-refractivity contribution is 0.352. The van der Waals surface area contributed by atoms with Gasteiger partial charge in [-0.3, -0.25) is 0 Å². The van der Waals surface area contributed by atoms with Crippen molar-refractivity contribution < 1.29 is 9.47 Å². The molecule has 0 amide bonds. The van der Waals surface area contributed by atoms with Crippen LogP contribution in [-0.4, -0.2) is 20.8 Å². The molecule has 0 saturated heterocycles. The number of aryl methyl sites for hydroxylation is 1. The van der Waals surface area contributed by atoms with Gasteiger partial charge >= 0.3 is 0 Å². The number of rotatable bonds is 6. The van der Waals surface area contributed by atoms with E-state index in [1.807, 2.05) is 19.1 Å². The van der Waals surface area contributed by atoms with E-state index in [4.69, 9.17) is 20.9 Å². The first-order valence-corrected chi connectivity index (χ1v) is 6.23. The monoisotopic (exact) mass is 252 g/mol. The second-order valence-electron chi connectivity index (χ2n) is 4.64. The summed E-state index contributed by atoms with van der Waals surface area (Å²) in [6.07, 6.45) is 0.912. The largest absolute Gasteiger partial charge is 0.493 e. The first-order chi connectivity index (χ1) is 8.54. The van der Waals surface area contributed by atoms with Crippen LogP contribution in [0, 0.1) is 12.8 Å². The Hall–Kier alpha value is -1.26. The minimum absolute atomic E-state index is 0.0339. The Bertz CT molecular complexity index is 394. The van der Waals surface area contributed by atoms with Crippen molar-refractivity contribution in [2.45, 2.75) is 26.3 Å². The van der Waals surface area contributed by atoms with Crippen LogP contribution in [0.2, 0.25) is 0 Å². The highest BCUT2D eigenvalue weighted by atomic mass is 16.5. The third-order valence-electron chi connectivity index (χ3n) is 3.37. The van der Waals surface area contributed by atoms with Gasteiger partial charge in [-0.1, -0.05) is 6.92 Å². The van der Waals surface area contributed by atoms with Gasteiger partial charge in [0.1, 0.15) is 0 Å². The first-order valence-electron chi connectivity index (χ1n) is 6.23. The van der Waals surface area contributed by atoms with Crippen molar-refractivity contribution in [1.82, 2.24) is 0 Å². The van der Waals surface area contributed by atoms with Gasteiger partial charge in [0.15, 0.2) is 11.5 Å². The summed E-state index contributed by atoms with van der Waals surface area (Å²) in [6.45, 7) is 4.81. The van der Waals surface area contributed by atoms with Gasteiger partial charge in [0.25, 0.3) is 0 Å². The Morgan fingerprint density at radius 1 is 1.17 bits per heavy atom. The Morgan fingerprint density at radius 3 is 2.22 bits per heavy atom. The van der Waals surface area contributed by atoms with Gasteiger partial charge in [0.2, 0.25) is 0 Å². The molecule has 4 nitrogen and oxygen atoms in total. The summed E-state index contributed by atoms with van der Waals surface area (Å²) < 4.78 is 10.6. The molecule has 0 aromatic heterocycles. The number of hydrogen-bond acceptors (Lipinski definition) is 4. The molecule has 0 aliphatic rings. The standard InChI is InChI=1S/C14H24N2O2/c1-9(5-6-15)14(16)11-8-13(18-4)12(17-3)7-10(11)2/h7-9,14H,5-6,15-16H2,1-4H3. The van der Waals surface area contributed by atoms with Gasteiger partial charge in [-0.15, -0.1) is 0 Å². The molecule has 1 aromatic rings. The molecule has 18 heavy (non-hydrogen) atoms. The second-order valence-corrected chi connectivity index (χ2v) is 4.64. The number of hydrogen-bond donors (Lipinski definition) is 2. The Kier molecular flexibility index (Phi) is 5.44. The fraction of sp³-hybridized carbons (Fsp3) is 0.571. The van der Waals surface area contributed by atoms with Crippen molar-refractivity contribution in [1.29, 1.82) is 0 Å². The second kappa shape index (κ2) is 6.61. The molecule has 4 heteroatoms. The minimum Gasteiger partial charge on any atom is -0.493 e. The summed E-state index contributed by atoms with van der Waals surface area (Å²) in [6, 6.07) is 3.89. The molecule has 2 atom stereocenters. The van der Waals surface area contributed by atoms with E-state index in [0.29, 0.717) is 18.2 Å². The van der Waals surface area contributed by atoms with Crippen molar-refractivity contribution in [3.8, 4) is 11.5 Å².